The zero-order chi connectivity index (χ0) is 15.3. The Hall–Kier alpha value is -1.69. The van der Waals surface area contributed by atoms with E-state index in [1.54, 1.807) is 11.3 Å². The van der Waals surface area contributed by atoms with Gasteiger partial charge in [-0.1, -0.05) is 19.0 Å². The number of nitrogens with zero attached hydrogens (tertiary/aromatic N) is 2. The van der Waals surface area contributed by atoms with Crippen LogP contribution in [0.15, 0.2) is 9.95 Å². The molecule has 2 aromatic heterocycles. The van der Waals surface area contributed by atoms with Crippen LogP contribution in [0.4, 0.5) is 0 Å². The number of thiophene rings is 1. The Morgan fingerprint density at radius 1 is 1.41 bits per heavy atom. The standard InChI is InChI=1S/C16H19N3O2S/c1-3-9-7-11(21-19-9)14-17-15(20)13-10-5-4-8(2)6-12(10)22-16(13)18-14/h8,11H,3-7H2,1-2H3,(H,17,18,20). The van der Waals surface area contributed by atoms with Crippen LogP contribution in [0.3, 0.4) is 0 Å². The van der Waals surface area contributed by atoms with E-state index in [-0.39, 0.29) is 11.7 Å². The van der Waals surface area contributed by atoms with Gasteiger partial charge in [0.1, 0.15) is 4.83 Å². The summed E-state index contributed by atoms with van der Waals surface area (Å²) in [5.41, 5.74) is 2.21. The lowest BCUT2D eigenvalue weighted by Crippen LogP contribution is -2.16. The average Bonchev–Trinajstić information content (AvgIpc) is 3.10. The van der Waals surface area contributed by atoms with Crippen LogP contribution in [0.5, 0.6) is 0 Å². The lowest BCUT2D eigenvalue weighted by molar-refractivity contribution is 0.0792. The van der Waals surface area contributed by atoms with E-state index in [1.165, 1.54) is 10.4 Å². The number of H-pyrrole nitrogens is 1. The van der Waals surface area contributed by atoms with E-state index >= 15 is 0 Å². The summed E-state index contributed by atoms with van der Waals surface area (Å²) in [7, 11) is 0. The minimum atomic E-state index is -0.245. The Kier molecular flexibility index (Phi) is 3.29. The smallest absolute Gasteiger partial charge is 0.260 e. The summed E-state index contributed by atoms with van der Waals surface area (Å²) in [6.07, 6.45) is 4.54. The Morgan fingerprint density at radius 2 is 2.27 bits per heavy atom. The molecule has 0 saturated carbocycles. The molecule has 0 bridgehead atoms. The molecule has 22 heavy (non-hydrogen) atoms. The Balaban J connectivity index is 1.76. The highest BCUT2D eigenvalue weighted by atomic mass is 32.1. The number of aryl methyl sites for hydroxylation is 1. The summed E-state index contributed by atoms with van der Waals surface area (Å²) in [4.78, 5) is 27.8. The van der Waals surface area contributed by atoms with Crippen molar-refractivity contribution in [3.8, 4) is 0 Å². The molecule has 6 heteroatoms. The highest BCUT2D eigenvalue weighted by molar-refractivity contribution is 7.18. The fraction of sp³-hybridized carbons (Fsp3) is 0.562. The number of oxime groups is 1. The summed E-state index contributed by atoms with van der Waals surface area (Å²) in [6.45, 7) is 4.32. The van der Waals surface area contributed by atoms with E-state index in [9.17, 15) is 4.79 Å². The van der Waals surface area contributed by atoms with Crippen LogP contribution in [0.2, 0.25) is 0 Å². The van der Waals surface area contributed by atoms with Crippen molar-refractivity contribution in [3.05, 3.63) is 26.6 Å². The first-order valence-corrected chi connectivity index (χ1v) is 8.73. The van der Waals surface area contributed by atoms with Gasteiger partial charge in [0.25, 0.3) is 5.56 Å². The molecule has 2 unspecified atom stereocenters. The van der Waals surface area contributed by atoms with Gasteiger partial charge in [0, 0.05) is 11.3 Å². The normalized spacial score (nSPS) is 24.2. The summed E-state index contributed by atoms with van der Waals surface area (Å²) in [5, 5.41) is 4.85. The molecule has 0 radical (unpaired) electrons. The molecule has 4 rings (SSSR count). The molecule has 1 N–H and O–H groups in total. The van der Waals surface area contributed by atoms with E-state index in [1.807, 2.05) is 0 Å². The summed E-state index contributed by atoms with van der Waals surface area (Å²) >= 11 is 1.67. The van der Waals surface area contributed by atoms with Crippen LogP contribution in [0.25, 0.3) is 10.2 Å². The first kappa shape index (κ1) is 13.9. The van der Waals surface area contributed by atoms with Crippen LogP contribution < -0.4 is 5.56 Å². The molecule has 2 aliphatic rings. The Labute approximate surface area is 132 Å². The highest BCUT2D eigenvalue weighted by Crippen LogP contribution is 2.36. The topological polar surface area (TPSA) is 67.3 Å². The van der Waals surface area contributed by atoms with Crippen LogP contribution in [0, 0.1) is 5.92 Å². The average molecular weight is 317 g/mol. The predicted molar refractivity (Wildman–Crippen MR) is 87.6 cm³/mol. The minimum absolute atomic E-state index is 0.0272. The Bertz CT molecular complexity index is 821. The van der Waals surface area contributed by atoms with Gasteiger partial charge in [0.15, 0.2) is 11.9 Å². The van der Waals surface area contributed by atoms with Gasteiger partial charge in [-0.15, -0.1) is 11.3 Å². The zero-order valence-corrected chi connectivity index (χ0v) is 13.6. The molecule has 1 aliphatic carbocycles. The van der Waals surface area contributed by atoms with Crippen molar-refractivity contribution in [1.29, 1.82) is 0 Å². The maximum Gasteiger partial charge on any atom is 0.260 e. The van der Waals surface area contributed by atoms with E-state index < -0.39 is 0 Å². The second-order valence-corrected chi connectivity index (χ2v) is 7.38. The third kappa shape index (κ3) is 2.17. The molecule has 5 nitrogen and oxygen atoms in total. The van der Waals surface area contributed by atoms with Crippen LogP contribution in [0.1, 0.15) is 55.5 Å². The zero-order valence-electron chi connectivity index (χ0n) is 12.8. The van der Waals surface area contributed by atoms with Gasteiger partial charge in [-0.05, 0) is 37.2 Å². The van der Waals surface area contributed by atoms with Gasteiger partial charge in [0.05, 0.1) is 11.1 Å². The van der Waals surface area contributed by atoms with Crippen molar-refractivity contribution >= 4 is 27.3 Å². The number of hydrogen-bond donors (Lipinski definition) is 1. The highest BCUT2D eigenvalue weighted by Gasteiger charge is 2.27. The number of aromatic nitrogens is 2. The van der Waals surface area contributed by atoms with Crippen LogP contribution >= 0.6 is 11.3 Å². The molecule has 0 saturated heterocycles. The fourth-order valence-corrected chi connectivity index (χ4v) is 4.69. The van der Waals surface area contributed by atoms with Gasteiger partial charge in [-0.3, -0.25) is 4.79 Å². The maximum absolute atomic E-state index is 12.5. The van der Waals surface area contributed by atoms with Gasteiger partial charge in [-0.25, -0.2) is 4.98 Å². The molecule has 0 amide bonds. The molecule has 2 aromatic rings. The van der Waals surface area contributed by atoms with Gasteiger partial charge in [0.2, 0.25) is 0 Å². The van der Waals surface area contributed by atoms with Crippen molar-refractivity contribution in [2.24, 2.45) is 11.1 Å². The number of aromatic amines is 1. The van der Waals surface area contributed by atoms with E-state index in [0.29, 0.717) is 18.2 Å². The van der Waals surface area contributed by atoms with Crippen molar-refractivity contribution in [3.63, 3.8) is 0 Å². The molecule has 0 spiro atoms. The fourth-order valence-electron chi connectivity index (χ4n) is 3.30. The monoisotopic (exact) mass is 317 g/mol. The molecule has 1 aliphatic heterocycles. The molecule has 0 aromatic carbocycles. The van der Waals surface area contributed by atoms with Crippen LogP contribution in [-0.4, -0.2) is 15.7 Å². The SMILES string of the molecule is CCC1=NOC(c2nc3sc4c(c3c(=O)[nH]2)CCC(C)C4)C1. The van der Waals surface area contributed by atoms with Crippen molar-refractivity contribution in [2.45, 2.75) is 52.1 Å². The molecule has 0 fully saturated rings. The lowest BCUT2D eigenvalue weighted by Gasteiger charge is -2.17. The maximum atomic E-state index is 12.5. The number of hydrogen-bond acceptors (Lipinski definition) is 5. The number of fused-ring (bicyclic) bond motifs is 3. The van der Waals surface area contributed by atoms with Gasteiger partial charge in [-0.2, -0.15) is 0 Å². The molecule has 2 atom stereocenters. The molecular weight excluding hydrogens is 298 g/mol. The van der Waals surface area contributed by atoms with Crippen molar-refractivity contribution < 1.29 is 4.84 Å². The minimum Gasteiger partial charge on any atom is -0.384 e. The first-order valence-electron chi connectivity index (χ1n) is 7.91. The van der Waals surface area contributed by atoms with E-state index in [2.05, 4.69) is 29.0 Å². The van der Waals surface area contributed by atoms with E-state index in [0.717, 1.165) is 41.6 Å². The third-order valence-corrected chi connectivity index (χ3v) is 5.78. The largest absolute Gasteiger partial charge is 0.384 e. The van der Waals surface area contributed by atoms with Crippen molar-refractivity contribution in [1.82, 2.24) is 9.97 Å². The molecule has 116 valence electrons. The van der Waals surface area contributed by atoms with Crippen molar-refractivity contribution in [2.75, 3.05) is 0 Å². The summed E-state index contributed by atoms with van der Waals surface area (Å²) < 4.78 is 0. The lowest BCUT2D eigenvalue weighted by atomic mass is 9.89. The number of rotatable bonds is 2. The first-order chi connectivity index (χ1) is 10.7. The van der Waals surface area contributed by atoms with Gasteiger partial charge < -0.3 is 9.82 Å². The number of nitrogens with one attached hydrogen (secondary N) is 1. The summed E-state index contributed by atoms with van der Waals surface area (Å²) in [6, 6.07) is 0. The van der Waals surface area contributed by atoms with Crippen LogP contribution in [-0.2, 0) is 17.7 Å². The second-order valence-electron chi connectivity index (χ2n) is 6.29. The molecular formula is C16H19N3O2S. The van der Waals surface area contributed by atoms with Gasteiger partial charge >= 0.3 is 0 Å². The molecule has 3 heterocycles. The quantitative estimate of drug-likeness (QED) is 0.923. The predicted octanol–water partition coefficient (Wildman–Crippen LogP) is 3.34. The summed E-state index contributed by atoms with van der Waals surface area (Å²) in [5.74, 6) is 1.30. The second kappa shape index (κ2) is 5.19. The van der Waals surface area contributed by atoms with E-state index in [4.69, 9.17) is 4.84 Å². The Morgan fingerprint density at radius 3 is 3.05 bits per heavy atom. The third-order valence-electron chi connectivity index (χ3n) is 4.63.